The van der Waals surface area contributed by atoms with Crippen molar-refractivity contribution in [3.63, 3.8) is 0 Å². The zero-order valence-electron chi connectivity index (χ0n) is 8.44. The van der Waals surface area contributed by atoms with Gasteiger partial charge in [0.05, 0.1) is 6.61 Å². The van der Waals surface area contributed by atoms with Crippen LogP contribution in [0, 0.1) is 0 Å². The molecule has 78 valence electrons. The standard InChI is InChI=1S/C11H16O3/c1-11(13)14-10-8-6-4-2-3-5-7-9-12/h4-7,9H,2-3,8,10H2,1H3/b6-4-,7-5+. The first-order chi connectivity index (χ1) is 6.77. The van der Waals surface area contributed by atoms with Gasteiger partial charge < -0.3 is 4.74 Å². The Hall–Kier alpha value is -1.38. The van der Waals surface area contributed by atoms with Crippen molar-refractivity contribution in [1.29, 1.82) is 0 Å². The van der Waals surface area contributed by atoms with Gasteiger partial charge in [-0.3, -0.25) is 9.59 Å². The van der Waals surface area contributed by atoms with Gasteiger partial charge in [0, 0.05) is 6.92 Å². The first kappa shape index (κ1) is 12.6. The van der Waals surface area contributed by atoms with E-state index in [0.29, 0.717) is 6.61 Å². The fraction of sp³-hybridized carbons (Fsp3) is 0.455. The Bertz CT molecular complexity index is 217. The average molecular weight is 196 g/mol. The summed E-state index contributed by atoms with van der Waals surface area (Å²) in [5.41, 5.74) is 0. The van der Waals surface area contributed by atoms with Crippen molar-refractivity contribution < 1.29 is 14.3 Å². The van der Waals surface area contributed by atoms with E-state index in [4.69, 9.17) is 4.74 Å². The predicted octanol–water partition coefficient (Wildman–Crippen LogP) is 2.03. The van der Waals surface area contributed by atoms with Gasteiger partial charge in [0.15, 0.2) is 0 Å². The summed E-state index contributed by atoms with van der Waals surface area (Å²) in [4.78, 5) is 20.3. The summed E-state index contributed by atoms with van der Waals surface area (Å²) in [6, 6.07) is 0. The second-order valence-electron chi connectivity index (χ2n) is 2.74. The minimum absolute atomic E-state index is 0.243. The molecule has 0 aliphatic rings. The van der Waals surface area contributed by atoms with Crippen molar-refractivity contribution in [3.8, 4) is 0 Å². The fourth-order valence-electron chi connectivity index (χ4n) is 0.851. The summed E-state index contributed by atoms with van der Waals surface area (Å²) >= 11 is 0. The highest BCUT2D eigenvalue weighted by molar-refractivity contribution is 5.65. The molecule has 14 heavy (non-hydrogen) atoms. The minimum atomic E-state index is -0.243. The lowest BCUT2D eigenvalue weighted by Gasteiger charge is -1.96. The summed E-state index contributed by atoms with van der Waals surface area (Å²) in [5, 5.41) is 0. The summed E-state index contributed by atoms with van der Waals surface area (Å²) in [7, 11) is 0. The maximum absolute atomic E-state index is 10.4. The van der Waals surface area contributed by atoms with Crippen molar-refractivity contribution in [2.75, 3.05) is 6.61 Å². The number of hydrogen-bond acceptors (Lipinski definition) is 3. The second-order valence-corrected chi connectivity index (χ2v) is 2.74. The smallest absolute Gasteiger partial charge is 0.302 e. The van der Waals surface area contributed by atoms with Crippen LogP contribution in [0.2, 0.25) is 0 Å². The fourth-order valence-corrected chi connectivity index (χ4v) is 0.851. The molecule has 0 radical (unpaired) electrons. The highest BCUT2D eigenvalue weighted by atomic mass is 16.5. The Morgan fingerprint density at radius 2 is 1.79 bits per heavy atom. The summed E-state index contributed by atoms with van der Waals surface area (Å²) < 4.78 is 4.74. The number of hydrogen-bond donors (Lipinski definition) is 0. The highest BCUT2D eigenvalue weighted by Crippen LogP contribution is 1.94. The molecule has 0 rings (SSSR count). The number of carbonyl (C=O) groups excluding carboxylic acids is 2. The van der Waals surface area contributed by atoms with Crippen LogP contribution in [0.4, 0.5) is 0 Å². The lowest BCUT2D eigenvalue weighted by Crippen LogP contribution is -1.98. The van der Waals surface area contributed by atoms with Crippen molar-refractivity contribution in [1.82, 2.24) is 0 Å². The van der Waals surface area contributed by atoms with Gasteiger partial charge in [-0.05, 0) is 25.3 Å². The van der Waals surface area contributed by atoms with E-state index in [2.05, 4.69) is 0 Å². The molecule has 0 bridgehead atoms. The average Bonchev–Trinajstić information content (AvgIpc) is 2.15. The van der Waals surface area contributed by atoms with Crippen LogP contribution in [-0.4, -0.2) is 18.9 Å². The Kier molecular flexibility index (Phi) is 8.75. The summed E-state index contributed by atoms with van der Waals surface area (Å²) in [6.07, 6.45) is 10.6. The molecular formula is C11H16O3. The van der Waals surface area contributed by atoms with Crippen LogP contribution in [0.5, 0.6) is 0 Å². The van der Waals surface area contributed by atoms with Crippen molar-refractivity contribution in [2.24, 2.45) is 0 Å². The molecule has 0 fully saturated rings. The summed E-state index contributed by atoms with van der Waals surface area (Å²) in [6.45, 7) is 1.84. The third-order valence-electron chi connectivity index (χ3n) is 1.47. The van der Waals surface area contributed by atoms with Gasteiger partial charge in [-0.15, -0.1) is 0 Å². The molecule has 3 heteroatoms. The number of allylic oxidation sites excluding steroid dienone is 3. The molecule has 0 atom stereocenters. The molecule has 0 aliphatic carbocycles. The quantitative estimate of drug-likeness (QED) is 0.206. The van der Waals surface area contributed by atoms with Crippen molar-refractivity contribution >= 4 is 12.3 Å². The molecule has 0 spiro atoms. The second kappa shape index (κ2) is 9.71. The molecular weight excluding hydrogens is 180 g/mol. The molecule has 0 aromatic carbocycles. The molecule has 0 saturated heterocycles. The van der Waals surface area contributed by atoms with E-state index in [9.17, 15) is 9.59 Å². The van der Waals surface area contributed by atoms with Gasteiger partial charge in [0.1, 0.15) is 6.29 Å². The van der Waals surface area contributed by atoms with Gasteiger partial charge in [0.2, 0.25) is 0 Å². The first-order valence-electron chi connectivity index (χ1n) is 4.66. The third kappa shape index (κ3) is 10.6. The lowest BCUT2D eigenvalue weighted by molar-refractivity contribution is -0.140. The number of aldehydes is 1. The normalized spacial score (nSPS) is 10.9. The van der Waals surface area contributed by atoms with Crippen LogP contribution in [0.25, 0.3) is 0 Å². The van der Waals surface area contributed by atoms with E-state index in [1.807, 2.05) is 18.2 Å². The van der Waals surface area contributed by atoms with Crippen LogP contribution < -0.4 is 0 Å². The topological polar surface area (TPSA) is 43.4 Å². The van der Waals surface area contributed by atoms with Gasteiger partial charge in [-0.1, -0.05) is 18.2 Å². The van der Waals surface area contributed by atoms with E-state index in [0.717, 1.165) is 25.5 Å². The van der Waals surface area contributed by atoms with Crippen LogP contribution in [0.3, 0.4) is 0 Å². The molecule has 0 N–H and O–H groups in total. The first-order valence-corrected chi connectivity index (χ1v) is 4.66. The Balaban J connectivity index is 3.23. The molecule has 0 saturated carbocycles. The van der Waals surface area contributed by atoms with E-state index in [-0.39, 0.29) is 5.97 Å². The lowest BCUT2D eigenvalue weighted by atomic mass is 10.2. The Labute approximate surface area is 84.4 Å². The SMILES string of the molecule is CC(=O)OCC/C=C\CC/C=C/C=O. The van der Waals surface area contributed by atoms with Crippen LogP contribution in [0.1, 0.15) is 26.2 Å². The highest BCUT2D eigenvalue weighted by Gasteiger charge is 1.88. The maximum Gasteiger partial charge on any atom is 0.302 e. The largest absolute Gasteiger partial charge is 0.466 e. The summed E-state index contributed by atoms with van der Waals surface area (Å²) in [5.74, 6) is -0.243. The molecule has 0 unspecified atom stereocenters. The molecule has 0 heterocycles. The van der Waals surface area contributed by atoms with Crippen LogP contribution in [-0.2, 0) is 14.3 Å². The van der Waals surface area contributed by atoms with Gasteiger partial charge >= 0.3 is 5.97 Å². The molecule has 0 aromatic heterocycles. The van der Waals surface area contributed by atoms with E-state index < -0.39 is 0 Å². The van der Waals surface area contributed by atoms with Gasteiger partial charge in [-0.2, -0.15) is 0 Å². The van der Waals surface area contributed by atoms with Crippen molar-refractivity contribution in [3.05, 3.63) is 24.3 Å². The molecule has 3 nitrogen and oxygen atoms in total. The number of ether oxygens (including phenoxy) is 1. The van der Waals surface area contributed by atoms with E-state index in [1.165, 1.54) is 13.0 Å². The third-order valence-corrected chi connectivity index (χ3v) is 1.47. The zero-order valence-corrected chi connectivity index (χ0v) is 8.44. The minimum Gasteiger partial charge on any atom is -0.466 e. The van der Waals surface area contributed by atoms with Crippen LogP contribution in [0.15, 0.2) is 24.3 Å². The van der Waals surface area contributed by atoms with Gasteiger partial charge in [0.25, 0.3) is 0 Å². The van der Waals surface area contributed by atoms with Gasteiger partial charge in [-0.25, -0.2) is 0 Å². The van der Waals surface area contributed by atoms with E-state index >= 15 is 0 Å². The number of carbonyl (C=O) groups is 2. The predicted molar refractivity (Wildman–Crippen MR) is 54.8 cm³/mol. The Morgan fingerprint density at radius 3 is 2.43 bits per heavy atom. The maximum atomic E-state index is 10.4. The molecule has 0 aromatic rings. The molecule has 0 amide bonds. The zero-order chi connectivity index (χ0) is 10.6. The van der Waals surface area contributed by atoms with E-state index in [1.54, 1.807) is 0 Å². The number of rotatable bonds is 7. The Morgan fingerprint density at radius 1 is 1.14 bits per heavy atom. The monoisotopic (exact) mass is 196 g/mol. The number of esters is 1. The number of unbranched alkanes of at least 4 members (excludes halogenated alkanes) is 1. The van der Waals surface area contributed by atoms with Crippen LogP contribution >= 0.6 is 0 Å². The molecule has 0 aliphatic heterocycles. The van der Waals surface area contributed by atoms with Crippen molar-refractivity contribution in [2.45, 2.75) is 26.2 Å².